The smallest absolute Gasteiger partial charge is 0.254 e. The number of rotatable bonds is 5. The molecule has 3 heterocycles. The van der Waals surface area contributed by atoms with Crippen molar-refractivity contribution in [3.8, 4) is 11.5 Å². The fourth-order valence-electron chi connectivity index (χ4n) is 3.33. The summed E-state index contributed by atoms with van der Waals surface area (Å²) >= 11 is 3.30. The van der Waals surface area contributed by atoms with Crippen molar-refractivity contribution >= 4 is 28.6 Å². The topological polar surface area (TPSA) is 51.7 Å². The predicted molar refractivity (Wildman–Crippen MR) is 107 cm³/mol. The van der Waals surface area contributed by atoms with Crippen molar-refractivity contribution in [3.05, 3.63) is 62.2 Å². The molecule has 0 spiro atoms. The highest BCUT2D eigenvalue weighted by atomic mass is 32.1. The molecule has 0 bridgehead atoms. The Morgan fingerprint density at radius 3 is 3.00 bits per heavy atom. The molecule has 1 aromatic carbocycles. The number of amides is 1. The summed E-state index contributed by atoms with van der Waals surface area (Å²) in [5.74, 6) is 1.18. The maximum absolute atomic E-state index is 13.1. The fraction of sp³-hybridized carbons (Fsp3) is 0.300. The van der Waals surface area contributed by atoms with Gasteiger partial charge in [0.25, 0.3) is 5.91 Å². The quantitative estimate of drug-likeness (QED) is 0.630. The third-order valence-electron chi connectivity index (χ3n) is 4.81. The van der Waals surface area contributed by atoms with Crippen LogP contribution in [-0.2, 0) is 13.0 Å². The molecule has 3 aromatic rings. The third-order valence-corrected chi connectivity index (χ3v) is 6.44. The number of carbonyl (C=O) groups excluding carboxylic acids is 1. The van der Waals surface area contributed by atoms with E-state index in [4.69, 9.17) is 9.47 Å². The normalized spacial score (nSPS) is 16.1. The highest BCUT2D eigenvalue weighted by molar-refractivity contribution is 7.10. The van der Waals surface area contributed by atoms with Crippen molar-refractivity contribution < 1.29 is 14.3 Å². The van der Waals surface area contributed by atoms with Gasteiger partial charge in [0.2, 0.25) is 0 Å². The molecular weight excluding hydrogens is 380 g/mol. The molecule has 1 aliphatic rings. The number of carbonyl (C=O) groups is 1. The molecule has 0 saturated carbocycles. The Labute approximate surface area is 166 Å². The number of benzene rings is 1. The minimum Gasteiger partial charge on any atom is -0.493 e. The van der Waals surface area contributed by atoms with E-state index in [-0.39, 0.29) is 11.9 Å². The second kappa shape index (κ2) is 7.70. The molecule has 0 unspecified atom stereocenters. The van der Waals surface area contributed by atoms with Gasteiger partial charge in [0.15, 0.2) is 11.5 Å². The Balaban J connectivity index is 1.52. The molecule has 0 aliphatic carbocycles. The Hall–Kier alpha value is -2.38. The molecule has 0 fully saturated rings. The lowest BCUT2D eigenvalue weighted by atomic mass is 10.0. The predicted octanol–water partition coefficient (Wildman–Crippen LogP) is 4.55. The van der Waals surface area contributed by atoms with Crippen LogP contribution in [0.15, 0.2) is 40.5 Å². The van der Waals surface area contributed by atoms with E-state index in [9.17, 15) is 4.79 Å². The third kappa shape index (κ3) is 3.57. The van der Waals surface area contributed by atoms with E-state index in [0.717, 1.165) is 18.7 Å². The van der Waals surface area contributed by atoms with Crippen LogP contribution in [0.1, 0.15) is 39.5 Å². The van der Waals surface area contributed by atoms with E-state index in [0.29, 0.717) is 23.7 Å². The fourth-order valence-corrected chi connectivity index (χ4v) is 4.84. The first-order chi connectivity index (χ1) is 13.2. The minimum absolute atomic E-state index is 0.0173. The molecule has 4 rings (SSSR count). The lowest BCUT2D eigenvalue weighted by Gasteiger charge is -2.33. The first-order valence-corrected chi connectivity index (χ1v) is 10.5. The highest BCUT2D eigenvalue weighted by Crippen LogP contribution is 2.35. The lowest BCUT2D eigenvalue weighted by Crippen LogP contribution is -2.38. The van der Waals surface area contributed by atoms with Crippen LogP contribution in [0.2, 0.25) is 0 Å². The summed E-state index contributed by atoms with van der Waals surface area (Å²) in [7, 11) is 1.58. The van der Waals surface area contributed by atoms with Gasteiger partial charge < -0.3 is 14.4 Å². The van der Waals surface area contributed by atoms with Gasteiger partial charge in [-0.1, -0.05) is 0 Å². The van der Waals surface area contributed by atoms with Crippen LogP contribution in [0, 0.1) is 0 Å². The average Bonchev–Trinajstić information content (AvgIpc) is 3.38. The number of nitrogens with zero attached hydrogens (tertiary/aromatic N) is 2. The molecule has 0 radical (unpaired) electrons. The number of hydrogen-bond donors (Lipinski definition) is 0. The summed E-state index contributed by atoms with van der Waals surface area (Å²) < 4.78 is 11.3. The van der Waals surface area contributed by atoms with Crippen molar-refractivity contribution in [1.29, 1.82) is 0 Å². The number of thiophene rings is 1. The SMILES string of the molecule is COc1cc(C(=O)N2CCc3sccc3[C@H]2C)ccc1OCc1cscn1. The monoisotopic (exact) mass is 400 g/mol. The summed E-state index contributed by atoms with van der Waals surface area (Å²) in [5, 5.41) is 4.05. The van der Waals surface area contributed by atoms with Crippen LogP contribution >= 0.6 is 22.7 Å². The number of methoxy groups -OCH3 is 1. The standard InChI is InChI=1S/C20H20N2O3S2/c1-13-16-6-8-27-19(16)5-7-22(13)20(23)14-3-4-17(18(9-14)24-2)25-10-15-11-26-12-21-15/h3-4,6,8-9,11-13H,5,7,10H2,1-2H3/t13-/m1/s1. The molecule has 7 heteroatoms. The number of aromatic nitrogens is 1. The molecular formula is C20H20N2O3S2. The Bertz CT molecular complexity index is 937. The van der Waals surface area contributed by atoms with Crippen LogP contribution in [0.5, 0.6) is 11.5 Å². The number of fused-ring (bicyclic) bond motifs is 1. The summed E-state index contributed by atoms with van der Waals surface area (Å²) in [6, 6.07) is 7.56. The molecule has 0 N–H and O–H groups in total. The zero-order chi connectivity index (χ0) is 18.8. The van der Waals surface area contributed by atoms with Gasteiger partial charge in [-0.25, -0.2) is 4.98 Å². The van der Waals surface area contributed by atoms with Crippen molar-refractivity contribution in [3.63, 3.8) is 0 Å². The van der Waals surface area contributed by atoms with Crippen LogP contribution in [0.25, 0.3) is 0 Å². The summed E-state index contributed by atoms with van der Waals surface area (Å²) in [4.78, 5) is 20.6. The van der Waals surface area contributed by atoms with Gasteiger partial charge in [-0.15, -0.1) is 22.7 Å². The maximum Gasteiger partial charge on any atom is 0.254 e. The van der Waals surface area contributed by atoms with Crippen LogP contribution < -0.4 is 9.47 Å². The zero-order valence-electron chi connectivity index (χ0n) is 15.2. The highest BCUT2D eigenvalue weighted by Gasteiger charge is 2.29. The van der Waals surface area contributed by atoms with E-state index >= 15 is 0 Å². The minimum atomic E-state index is 0.0173. The van der Waals surface area contributed by atoms with E-state index in [1.54, 1.807) is 42.2 Å². The second-order valence-electron chi connectivity index (χ2n) is 6.36. The molecule has 0 saturated heterocycles. The largest absolute Gasteiger partial charge is 0.493 e. The van der Waals surface area contributed by atoms with E-state index in [2.05, 4.69) is 23.4 Å². The van der Waals surface area contributed by atoms with Crippen molar-refractivity contribution in [2.45, 2.75) is 26.0 Å². The summed E-state index contributed by atoms with van der Waals surface area (Å²) in [5.41, 5.74) is 4.51. The molecule has 140 valence electrons. The van der Waals surface area contributed by atoms with Gasteiger partial charge in [-0.05, 0) is 48.6 Å². The zero-order valence-corrected chi connectivity index (χ0v) is 16.8. The molecule has 1 amide bonds. The molecule has 27 heavy (non-hydrogen) atoms. The van der Waals surface area contributed by atoms with Crippen LogP contribution in [0.3, 0.4) is 0 Å². The van der Waals surface area contributed by atoms with Gasteiger partial charge in [0.1, 0.15) is 6.61 Å². The van der Waals surface area contributed by atoms with E-state index in [1.807, 2.05) is 10.3 Å². The Morgan fingerprint density at radius 2 is 2.22 bits per heavy atom. The number of thiazole rings is 1. The van der Waals surface area contributed by atoms with Crippen molar-refractivity contribution in [2.24, 2.45) is 0 Å². The molecule has 5 nitrogen and oxygen atoms in total. The van der Waals surface area contributed by atoms with Gasteiger partial charge in [-0.3, -0.25) is 4.79 Å². The first kappa shape index (κ1) is 18.0. The van der Waals surface area contributed by atoms with Crippen molar-refractivity contribution in [1.82, 2.24) is 9.88 Å². The first-order valence-electron chi connectivity index (χ1n) is 8.72. The van der Waals surface area contributed by atoms with E-state index < -0.39 is 0 Å². The molecule has 2 aromatic heterocycles. The summed E-state index contributed by atoms with van der Waals surface area (Å²) in [6.45, 7) is 3.19. The number of ether oxygens (including phenoxy) is 2. The molecule has 1 aliphatic heterocycles. The second-order valence-corrected chi connectivity index (χ2v) is 8.08. The average molecular weight is 401 g/mol. The van der Waals surface area contributed by atoms with E-state index in [1.165, 1.54) is 21.8 Å². The summed E-state index contributed by atoms with van der Waals surface area (Å²) in [6.07, 6.45) is 0.912. The molecule has 1 atom stereocenters. The van der Waals surface area contributed by atoms with Gasteiger partial charge in [0.05, 0.1) is 24.4 Å². The van der Waals surface area contributed by atoms with Gasteiger partial charge in [0, 0.05) is 22.4 Å². The van der Waals surface area contributed by atoms with Gasteiger partial charge >= 0.3 is 0 Å². The maximum atomic E-state index is 13.1. The Kier molecular flexibility index (Phi) is 5.13. The Morgan fingerprint density at radius 1 is 1.33 bits per heavy atom. The lowest BCUT2D eigenvalue weighted by molar-refractivity contribution is 0.0679. The van der Waals surface area contributed by atoms with Crippen molar-refractivity contribution in [2.75, 3.05) is 13.7 Å². The van der Waals surface area contributed by atoms with Gasteiger partial charge in [-0.2, -0.15) is 0 Å². The number of hydrogen-bond acceptors (Lipinski definition) is 6. The van der Waals surface area contributed by atoms with Crippen LogP contribution in [-0.4, -0.2) is 29.4 Å². The van der Waals surface area contributed by atoms with Crippen LogP contribution in [0.4, 0.5) is 0 Å².